The molecule has 1 aromatic heterocycles. The summed E-state index contributed by atoms with van der Waals surface area (Å²) in [6.45, 7) is 0.00273. The van der Waals surface area contributed by atoms with Gasteiger partial charge in [0, 0.05) is 25.5 Å². The quantitative estimate of drug-likeness (QED) is 0.746. The molecule has 0 bridgehead atoms. The lowest BCUT2D eigenvalue weighted by Gasteiger charge is -2.12. The first-order valence-corrected chi connectivity index (χ1v) is 5.70. The molecule has 0 amide bonds. The van der Waals surface area contributed by atoms with Crippen molar-refractivity contribution in [2.24, 2.45) is 0 Å². The highest BCUT2D eigenvalue weighted by Crippen LogP contribution is 2.33. The van der Waals surface area contributed by atoms with Gasteiger partial charge in [-0.05, 0) is 12.8 Å². The van der Waals surface area contributed by atoms with Crippen LogP contribution in [0.25, 0.3) is 0 Å². The molecule has 7 nitrogen and oxygen atoms in total. The van der Waals surface area contributed by atoms with Crippen LogP contribution in [0.3, 0.4) is 0 Å². The van der Waals surface area contributed by atoms with Crippen LogP contribution in [0, 0.1) is 0 Å². The third kappa shape index (κ3) is 2.67. The molecule has 1 aliphatic carbocycles. The van der Waals surface area contributed by atoms with Crippen LogP contribution in [0.15, 0.2) is 17.2 Å². The van der Waals surface area contributed by atoms with E-state index in [-0.39, 0.29) is 24.0 Å². The molecule has 1 atom stereocenters. The number of aliphatic carboxylic acids is 1. The zero-order chi connectivity index (χ0) is 13.1. The van der Waals surface area contributed by atoms with E-state index >= 15 is 0 Å². The van der Waals surface area contributed by atoms with Crippen LogP contribution in [-0.2, 0) is 9.53 Å². The van der Waals surface area contributed by atoms with Crippen molar-refractivity contribution in [2.45, 2.75) is 25.0 Å². The Morgan fingerprint density at radius 2 is 2.44 bits per heavy atom. The Kier molecular flexibility index (Phi) is 3.61. The Balaban J connectivity index is 2.07. The first-order chi connectivity index (χ1) is 8.63. The molecule has 2 N–H and O–H groups in total. The minimum Gasteiger partial charge on any atom is -0.479 e. The van der Waals surface area contributed by atoms with E-state index in [4.69, 9.17) is 9.84 Å². The van der Waals surface area contributed by atoms with Gasteiger partial charge in [0.1, 0.15) is 0 Å². The molecule has 1 fully saturated rings. The van der Waals surface area contributed by atoms with Gasteiger partial charge in [-0.2, -0.15) is 0 Å². The molecule has 0 radical (unpaired) electrons. The van der Waals surface area contributed by atoms with Crippen LogP contribution in [0.1, 0.15) is 18.9 Å². The molecule has 1 aromatic rings. The van der Waals surface area contributed by atoms with Gasteiger partial charge in [0.15, 0.2) is 11.9 Å². The SMILES string of the molecule is COC(CNc1nccn(C2CC2)c1=O)C(=O)O. The lowest BCUT2D eigenvalue weighted by Crippen LogP contribution is -2.33. The predicted molar refractivity (Wildman–Crippen MR) is 63.7 cm³/mol. The Bertz CT molecular complexity index is 495. The van der Waals surface area contributed by atoms with Crippen LogP contribution < -0.4 is 10.9 Å². The molecule has 2 rings (SSSR count). The number of nitrogens with zero attached hydrogens (tertiary/aromatic N) is 2. The Morgan fingerprint density at radius 3 is 3.00 bits per heavy atom. The zero-order valence-corrected chi connectivity index (χ0v) is 10.00. The minimum atomic E-state index is -1.08. The maximum atomic E-state index is 12.0. The first-order valence-electron chi connectivity index (χ1n) is 5.70. The molecule has 0 aliphatic heterocycles. The lowest BCUT2D eigenvalue weighted by molar-refractivity contribution is -0.147. The van der Waals surface area contributed by atoms with E-state index in [0.29, 0.717) is 0 Å². The Hall–Kier alpha value is -1.89. The Labute approximate surface area is 103 Å². The molecular weight excluding hydrogens is 238 g/mol. The smallest absolute Gasteiger partial charge is 0.334 e. The lowest BCUT2D eigenvalue weighted by atomic mass is 10.3. The molecule has 1 saturated carbocycles. The summed E-state index contributed by atoms with van der Waals surface area (Å²) in [6.07, 6.45) is 4.18. The van der Waals surface area contributed by atoms with Crippen molar-refractivity contribution in [1.82, 2.24) is 9.55 Å². The summed E-state index contributed by atoms with van der Waals surface area (Å²) < 4.78 is 6.39. The van der Waals surface area contributed by atoms with Crippen LogP contribution in [0.4, 0.5) is 5.82 Å². The van der Waals surface area contributed by atoms with Crippen LogP contribution in [-0.4, -0.2) is 40.4 Å². The maximum absolute atomic E-state index is 12.0. The normalized spacial score (nSPS) is 16.3. The number of carbonyl (C=O) groups is 1. The number of carboxylic acid groups (broad SMARTS) is 1. The second-order valence-corrected chi connectivity index (χ2v) is 4.16. The molecule has 0 saturated heterocycles. The van der Waals surface area contributed by atoms with Gasteiger partial charge in [0.05, 0.1) is 6.54 Å². The van der Waals surface area contributed by atoms with Crippen molar-refractivity contribution in [3.05, 3.63) is 22.7 Å². The van der Waals surface area contributed by atoms with Gasteiger partial charge in [-0.1, -0.05) is 0 Å². The fourth-order valence-electron chi connectivity index (χ4n) is 1.65. The average Bonchev–Trinajstić information content (AvgIpc) is 3.15. The van der Waals surface area contributed by atoms with Crippen LogP contribution in [0.5, 0.6) is 0 Å². The number of carboxylic acids is 1. The van der Waals surface area contributed by atoms with Crippen molar-refractivity contribution in [2.75, 3.05) is 19.0 Å². The third-order valence-corrected chi connectivity index (χ3v) is 2.82. The van der Waals surface area contributed by atoms with E-state index in [0.717, 1.165) is 12.8 Å². The molecule has 1 heterocycles. The highest BCUT2D eigenvalue weighted by molar-refractivity contribution is 5.73. The second-order valence-electron chi connectivity index (χ2n) is 4.16. The summed E-state index contributed by atoms with van der Waals surface area (Å²) in [5.41, 5.74) is -0.222. The summed E-state index contributed by atoms with van der Waals surface area (Å²) in [4.78, 5) is 26.6. The number of methoxy groups -OCH3 is 1. The molecule has 7 heteroatoms. The molecular formula is C11H15N3O4. The summed E-state index contributed by atoms with van der Waals surface area (Å²) in [5.74, 6) is -0.920. The van der Waals surface area contributed by atoms with Gasteiger partial charge in [0.2, 0.25) is 0 Å². The third-order valence-electron chi connectivity index (χ3n) is 2.82. The molecule has 1 unspecified atom stereocenters. The van der Waals surface area contributed by atoms with Crippen molar-refractivity contribution in [3.63, 3.8) is 0 Å². The first kappa shape index (κ1) is 12.6. The second kappa shape index (κ2) is 5.18. The van der Waals surface area contributed by atoms with E-state index in [9.17, 15) is 9.59 Å². The van der Waals surface area contributed by atoms with Crippen LogP contribution >= 0.6 is 0 Å². The van der Waals surface area contributed by atoms with E-state index in [1.807, 2.05) is 0 Å². The number of hydrogen-bond donors (Lipinski definition) is 2. The van der Waals surface area contributed by atoms with Gasteiger partial charge in [-0.3, -0.25) is 4.79 Å². The summed E-state index contributed by atoms with van der Waals surface area (Å²) in [6, 6.07) is 0.263. The largest absolute Gasteiger partial charge is 0.479 e. The standard InChI is InChI=1S/C11H15N3O4/c1-18-8(11(16)17)6-13-9-10(15)14(5-4-12-9)7-2-3-7/h4-5,7-8H,2-3,6H2,1H3,(H,12,13)(H,16,17). The number of anilines is 1. The van der Waals surface area contributed by atoms with Gasteiger partial charge in [-0.25, -0.2) is 9.78 Å². The monoisotopic (exact) mass is 253 g/mol. The number of aromatic nitrogens is 2. The summed E-state index contributed by atoms with van der Waals surface area (Å²) in [7, 11) is 1.31. The molecule has 98 valence electrons. The van der Waals surface area contributed by atoms with Crippen molar-refractivity contribution in [3.8, 4) is 0 Å². The van der Waals surface area contributed by atoms with Gasteiger partial charge in [-0.15, -0.1) is 0 Å². The molecule has 0 aromatic carbocycles. The molecule has 18 heavy (non-hydrogen) atoms. The van der Waals surface area contributed by atoms with Gasteiger partial charge < -0.3 is 19.7 Å². The van der Waals surface area contributed by atoms with Crippen LogP contribution in [0.2, 0.25) is 0 Å². The Morgan fingerprint density at radius 1 is 1.72 bits per heavy atom. The van der Waals surface area contributed by atoms with Crippen molar-refractivity contribution in [1.29, 1.82) is 0 Å². The average molecular weight is 253 g/mol. The van der Waals surface area contributed by atoms with E-state index in [1.54, 1.807) is 10.8 Å². The van der Waals surface area contributed by atoms with E-state index in [2.05, 4.69) is 10.3 Å². The number of rotatable bonds is 6. The predicted octanol–water partition coefficient (Wildman–Crippen LogP) is 0.0897. The van der Waals surface area contributed by atoms with Crippen molar-refractivity contribution < 1.29 is 14.6 Å². The molecule has 1 aliphatic rings. The number of hydrogen-bond acceptors (Lipinski definition) is 5. The zero-order valence-electron chi connectivity index (χ0n) is 10.00. The summed E-state index contributed by atoms with van der Waals surface area (Å²) >= 11 is 0. The highest BCUT2D eigenvalue weighted by atomic mass is 16.5. The van der Waals surface area contributed by atoms with Crippen molar-refractivity contribution >= 4 is 11.8 Å². The minimum absolute atomic E-state index is 0.00273. The fourth-order valence-corrected chi connectivity index (χ4v) is 1.65. The van der Waals surface area contributed by atoms with Gasteiger partial charge >= 0.3 is 5.97 Å². The van der Waals surface area contributed by atoms with E-state index in [1.165, 1.54) is 13.3 Å². The maximum Gasteiger partial charge on any atom is 0.334 e. The fraction of sp³-hybridized carbons (Fsp3) is 0.545. The van der Waals surface area contributed by atoms with Gasteiger partial charge in [0.25, 0.3) is 5.56 Å². The topological polar surface area (TPSA) is 93.5 Å². The van der Waals surface area contributed by atoms with E-state index < -0.39 is 12.1 Å². The molecule has 0 spiro atoms. The summed E-state index contributed by atoms with van der Waals surface area (Å²) in [5, 5.41) is 11.5. The number of nitrogens with one attached hydrogen (secondary N) is 1. The highest BCUT2D eigenvalue weighted by Gasteiger charge is 2.25. The number of ether oxygens (including phenoxy) is 1.